The van der Waals surface area contributed by atoms with Gasteiger partial charge in [0.1, 0.15) is 11.9 Å². The van der Waals surface area contributed by atoms with Gasteiger partial charge in [-0.05, 0) is 42.7 Å². The quantitative estimate of drug-likeness (QED) is 0.597. The van der Waals surface area contributed by atoms with E-state index in [4.69, 9.17) is 42.1 Å². The molecule has 1 saturated carbocycles. The Hall–Kier alpha value is -2.05. The minimum Gasteiger partial charge on any atom is -0.496 e. The van der Waals surface area contributed by atoms with Crippen LogP contribution in [0.3, 0.4) is 0 Å². The molecule has 1 fully saturated rings. The van der Waals surface area contributed by atoms with Crippen LogP contribution < -0.4 is 4.74 Å². The molecule has 2 heterocycles. The molecule has 31 heavy (non-hydrogen) atoms. The number of hydrogen-bond donors (Lipinski definition) is 0. The maximum absolute atomic E-state index is 13.1. The van der Waals surface area contributed by atoms with E-state index in [2.05, 4.69) is 0 Å². The number of carbonyl (C=O) groups is 1. The van der Waals surface area contributed by atoms with Crippen LogP contribution in [0.25, 0.3) is 5.57 Å². The second-order valence-electron chi connectivity index (χ2n) is 8.09. The van der Waals surface area contributed by atoms with Crippen molar-refractivity contribution >= 4 is 34.6 Å². The van der Waals surface area contributed by atoms with Crippen molar-refractivity contribution in [2.45, 2.75) is 44.7 Å². The van der Waals surface area contributed by atoms with E-state index in [-0.39, 0.29) is 30.7 Å². The summed E-state index contributed by atoms with van der Waals surface area (Å²) in [6, 6.07) is 11.0. The van der Waals surface area contributed by atoms with E-state index in [0.717, 1.165) is 35.3 Å². The van der Waals surface area contributed by atoms with E-state index in [0.29, 0.717) is 35.3 Å². The minimum atomic E-state index is -0.166. The van der Waals surface area contributed by atoms with Gasteiger partial charge >= 0.3 is 0 Å². The number of hydrogen-bond acceptors (Lipinski definition) is 5. The van der Waals surface area contributed by atoms with Gasteiger partial charge < -0.3 is 18.9 Å². The van der Waals surface area contributed by atoms with Gasteiger partial charge in [-0.2, -0.15) is 0 Å². The largest absolute Gasteiger partial charge is 0.496 e. The van der Waals surface area contributed by atoms with Crippen molar-refractivity contribution in [1.29, 1.82) is 0 Å². The predicted octanol–water partition coefficient (Wildman–Crippen LogP) is 5.55. The summed E-state index contributed by atoms with van der Waals surface area (Å²) in [4.78, 5) is 13.1. The van der Waals surface area contributed by atoms with Crippen LogP contribution in [0.1, 0.15) is 36.0 Å². The second kappa shape index (κ2) is 8.83. The molecule has 5 rings (SSSR count). The zero-order valence-corrected chi connectivity index (χ0v) is 18.3. The molecule has 162 valence electrons. The van der Waals surface area contributed by atoms with Crippen molar-refractivity contribution < 1.29 is 23.7 Å². The first kappa shape index (κ1) is 20.8. The van der Waals surface area contributed by atoms with Crippen LogP contribution in [0, 0.1) is 5.92 Å². The van der Waals surface area contributed by atoms with Crippen molar-refractivity contribution in [3.05, 3.63) is 69.4 Å². The topological polar surface area (TPSA) is 54.0 Å². The highest BCUT2D eigenvalue weighted by Crippen LogP contribution is 2.38. The van der Waals surface area contributed by atoms with Crippen molar-refractivity contribution in [3.63, 3.8) is 0 Å². The fourth-order valence-electron chi connectivity index (χ4n) is 4.52. The Kier molecular flexibility index (Phi) is 5.93. The average molecular weight is 461 g/mol. The molecule has 5 nitrogen and oxygen atoms in total. The second-order valence-corrected chi connectivity index (χ2v) is 8.97. The molecule has 3 atom stereocenters. The first-order chi connectivity index (χ1) is 15.1. The Bertz CT molecular complexity index is 1020. The molecule has 2 aromatic carbocycles. The Morgan fingerprint density at radius 1 is 1.06 bits per heavy atom. The van der Waals surface area contributed by atoms with E-state index in [9.17, 15) is 4.79 Å². The van der Waals surface area contributed by atoms with Crippen LogP contribution >= 0.6 is 23.2 Å². The third-order valence-corrected chi connectivity index (χ3v) is 6.56. The van der Waals surface area contributed by atoms with Gasteiger partial charge in [-0.15, -0.1) is 0 Å². The molecule has 7 heteroatoms. The van der Waals surface area contributed by atoms with Gasteiger partial charge in [-0.1, -0.05) is 35.3 Å². The van der Waals surface area contributed by atoms with Gasteiger partial charge in [0.25, 0.3) is 0 Å². The number of allylic oxidation sites excluding steroid dienone is 1. The first-order valence-corrected chi connectivity index (χ1v) is 11.1. The highest BCUT2D eigenvalue weighted by molar-refractivity contribution is 6.31. The Morgan fingerprint density at radius 3 is 2.74 bits per heavy atom. The number of halogens is 2. The average Bonchev–Trinajstić information content (AvgIpc) is 2.78. The Morgan fingerprint density at radius 2 is 1.90 bits per heavy atom. The number of ether oxygens (including phenoxy) is 4. The molecular formula is C24H22Cl2O5. The third-order valence-electron chi connectivity index (χ3n) is 6.09. The summed E-state index contributed by atoms with van der Waals surface area (Å²) >= 11 is 12.2. The zero-order chi connectivity index (χ0) is 21.4. The number of benzene rings is 2. The summed E-state index contributed by atoms with van der Waals surface area (Å²) < 4.78 is 23.2. The minimum absolute atomic E-state index is 0.00834. The molecule has 2 aliphatic heterocycles. The number of fused-ring (bicyclic) bond motifs is 2. The van der Waals surface area contributed by atoms with Crippen LogP contribution in [-0.4, -0.2) is 24.8 Å². The van der Waals surface area contributed by atoms with Crippen molar-refractivity contribution in [1.82, 2.24) is 0 Å². The van der Waals surface area contributed by atoms with E-state index in [1.807, 2.05) is 24.3 Å². The number of Topliss-reactive ketones (excluding diaryl/α,β-unsaturated/α-hetero) is 1. The lowest BCUT2D eigenvalue weighted by Gasteiger charge is -2.37. The number of rotatable bonds is 4. The lowest BCUT2D eigenvalue weighted by molar-refractivity contribution is -0.128. The fraction of sp³-hybridized carbons (Fsp3) is 0.375. The molecule has 1 aliphatic carbocycles. The maximum Gasteiger partial charge on any atom is 0.189 e. The molecule has 0 saturated heterocycles. The Labute approximate surface area is 190 Å². The predicted molar refractivity (Wildman–Crippen MR) is 117 cm³/mol. The fourth-order valence-corrected chi connectivity index (χ4v) is 4.91. The standard InChI is InChI=1S/C24H22Cl2O5/c25-17-3-1-14(2-4-17)21-12-30-22-9-19(5-6-20(22)23(21)27)29-11-16-8-18(26)7-15-10-28-13-31-24(15)16/h1-4,7-8,12,19-20,22H,5-6,9-11,13H2. The van der Waals surface area contributed by atoms with Gasteiger partial charge in [-0.3, -0.25) is 4.79 Å². The lowest BCUT2D eigenvalue weighted by atomic mass is 9.78. The van der Waals surface area contributed by atoms with E-state index < -0.39 is 0 Å². The van der Waals surface area contributed by atoms with Crippen molar-refractivity contribution in [2.24, 2.45) is 5.92 Å². The number of ketones is 1. The summed E-state index contributed by atoms with van der Waals surface area (Å²) in [5, 5.41) is 1.28. The van der Waals surface area contributed by atoms with E-state index in [1.54, 1.807) is 18.4 Å². The molecule has 2 aromatic rings. The first-order valence-electron chi connectivity index (χ1n) is 10.4. The summed E-state index contributed by atoms with van der Waals surface area (Å²) in [7, 11) is 0. The van der Waals surface area contributed by atoms with Crippen molar-refractivity contribution in [2.75, 3.05) is 6.79 Å². The highest BCUT2D eigenvalue weighted by Gasteiger charge is 2.40. The highest BCUT2D eigenvalue weighted by atomic mass is 35.5. The normalized spacial score (nSPS) is 25.0. The van der Waals surface area contributed by atoms with Gasteiger partial charge in [-0.25, -0.2) is 0 Å². The molecule has 0 amide bonds. The summed E-state index contributed by atoms with van der Waals surface area (Å²) in [6.07, 6.45) is 3.65. The van der Waals surface area contributed by atoms with Crippen molar-refractivity contribution in [3.8, 4) is 5.75 Å². The molecule has 0 aromatic heterocycles. The smallest absolute Gasteiger partial charge is 0.189 e. The molecule has 0 bridgehead atoms. The van der Waals surface area contributed by atoms with Gasteiger partial charge in [0.15, 0.2) is 12.6 Å². The van der Waals surface area contributed by atoms with E-state index in [1.165, 1.54) is 0 Å². The van der Waals surface area contributed by atoms with Crippen LogP contribution in [0.5, 0.6) is 5.75 Å². The zero-order valence-electron chi connectivity index (χ0n) is 16.8. The molecule has 0 radical (unpaired) electrons. The molecule has 3 aliphatic rings. The molecular weight excluding hydrogens is 439 g/mol. The van der Waals surface area contributed by atoms with Gasteiger partial charge in [0, 0.05) is 27.6 Å². The number of carbonyl (C=O) groups excluding carboxylic acids is 1. The van der Waals surface area contributed by atoms with Crippen LogP contribution in [0.2, 0.25) is 10.0 Å². The van der Waals surface area contributed by atoms with Gasteiger partial charge in [0.2, 0.25) is 0 Å². The summed E-state index contributed by atoms with van der Waals surface area (Å²) in [6.45, 7) is 1.10. The Balaban J connectivity index is 1.25. The summed E-state index contributed by atoms with van der Waals surface area (Å²) in [5.74, 6) is 0.785. The molecule has 3 unspecified atom stereocenters. The van der Waals surface area contributed by atoms with Crippen LogP contribution in [0.15, 0.2) is 42.7 Å². The lowest BCUT2D eigenvalue weighted by Crippen LogP contribution is -2.41. The van der Waals surface area contributed by atoms with Crippen LogP contribution in [-0.2, 0) is 32.2 Å². The van der Waals surface area contributed by atoms with E-state index >= 15 is 0 Å². The van der Waals surface area contributed by atoms with Crippen LogP contribution in [0.4, 0.5) is 0 Å². The summed E-state index contributed by atoms with van der Waals surface area (Å²) in [5.41, 5.74) is 3.30. The molecule has 0 N–H and O–H groups in total. The third kappa shape index (κ3) is 4.33. The SMILES string of the molecule is O=C1C(c2ccc(Cl)cc2)=COC2CC(OCc3cc(Cl)cc4c3OCOC4)CCC12. The maximum atomic E-state index is 13.1. The monoisotopic (exact) mass is 460 g/mol. The molecule has 0 spiro atoms. The van der Waals surface area contributed by atoms with Gasteiger partial charge in [0.05, 0.1) is 37.1 Å².